The van der Waals surface area contributed by atoms with Gasteiger partial charge in [0.05, 0.1) is 29.5 Å². The Hall–Kier alpha value is -2.31. The van der Waals surface area contributed by atoms with E-state index in [0.717, 1.165) is 22.6 Å². The number of benzene rings is 1. The van der Waals surface area contributed by atoms with E-state index in [0.29, 0.717) is 35.4 Å². The minimum Gasteiger partial charge on any atom is -0.309 e. The first-order chi connectivity index (χ1) is 12.8. The molecule has 1 amide bonds. The maximum atomic E-state index is 12.3. The van der Waals surface area contributed by atoms with Crippen LogP contribution in [-0.2, 0) is 17.9 Å². The molecule has 0 spiro atoms. The summed E-state index contributed by atoms with van der Waals surface area (Å²) in [7, 11) is 0. The van der Waals surface area contributed by atoms with Crippen molar-refractivity contribution < 1.29 is 4.79 Å². The van der Waals surface area contributed by atoms with Crippen LogP contribution in [0.25, 0.3) is 0 Å². The maximum absolute atomic E-state index is 12.3. The molecule has 2 heterocycles. The summed E-state index contributed by atoms with van der Waals surface area (Å²) in [4.78, 5) is 12.3. The molecule has 0 aliphatic heterocycles. The number of carbonyl (C=O) groups excluding carboxylic acids is 1. The Labute approximate surface area is 168 Å². The lowest BCUT2D eigenvalue weighted by Crippen LogP contribution is -2.16. The predicted molar refractivity (Wildman–Crippen MR) is 107 cm³/mol. The molecule has 6 nitrogen and oxygen atoms in total. The van der Waals surface area contributed by atoms with Gasteiger partial charge in [0.15, 0.2) is 5.82 Å². The van der Waals surface area contributed by atoms with Crippen molar-refractivity contribution in [3.63, 3.8) is 0 Å². The molecule has 1 N–H and O–H groups in total. The summed E-state index contributed by atoms with van der Waals surface area (Å²) in [6.45, 7) is 6.74. The SMILES string of the molecule is Cc1nn(CCC(=O)Nc2cc(C)n(Cc3cccc(Cl)c3)n2)c(C)c1Cl. The molecule has 0 bridgehead atoms. The van der Waals surface area contributed by atoms with E-state index in [1.165, 1.54) is 0 Å². The van der Waals surface area contributed by atoms with Crippen LogP contribution >= 0.6 is 23.2 Å². The fourth-order valence-corrected chi connectivity index (χ4v) is 3.19. The smallest absolute Gasteiger partial charge is 0.227 e. The van der Waals surface area contributed by atoms with Crippen LogP contribution in [0.2, 0.25) is 10.0 Å². The zero-order chi connectivity index (χ0) is 19.6. The first kappa shape index (κ1) is 19.5. The van der Waals surface area contributed by atoms with Gasteiger partial charge in [0.25, 0.3) is 0 Å². The summed E-state index contributed by atoms with van der Waals surface area (Å²) in [5.41, 5.74) is 3.64. The van der Waals surface area contributed by atoms with Gasteiger partial charge in [0.2, 0.25) is 5.91 Å². The monoisotopic (exact) mass is 405 g/mol. The summed E-state index contributed by atoms with van der Waals surface area (Å²) < 4.78 is 3.59. The van der Waals surface area contributed by atoms with Crippen molar-refractivity contribution in [2.75, 3.05) is 5.32 Å². The van der Waals surface area contributed by atoms with E-state index in [2.05, 4.69) is 15.5 Å². The van der Waals surface area contributed by atoms with E-state index in [4.69, 9.17) is 23.2 Å². The number of halogens is 2. The largest absolute Gasteiger partial charge is 0.309 e. The molecule has 8 heteroatoms. The van der Waals surface area contributed by atoms with Gasteiger partial charge in [-0.15, -0.1) is 0 Å². The van der Waals surface area contributed by atoms with E-state index < -0.39 is 0 Å². The molecule has 0 saturated heterocycles. The Morgan fingerprint density at radius 2 is 1.89 bits per heavy atom. The van der Waals surface area contributed by atoms with Crippen molar-refractivity contribution in [2.45, 2.75) is 40.3 Å². The molecule has 0 fully saturated rings. The normalized spacial score (nSPS) is 11.0. The molecule has 27 heavy (non-hydrogen) atoms. The quantitative estimate of drug-likeness (QED) is 0.661. The third-order valence-electron chi connectivity index (χ3n) is 4.31. The van der Waals surface area contributed by atoms with Gasteiger partial charge in [0, 0.05) is 23.2 Å². The number of amides is 1. The zero-order valence-corrected chi connectivity index (χ0v) is 17.0. The zero-order valence-electron chi connectivity index (χ0n) is 15.5. The second kappa shape index (κ2) is 8.15. The van der Waals surface area contributed by atoms with Crippen molar-refractivity contribution in [1.29, 1.82) is 0 Å². The van der Waals surface area contributed by atoms with E-state index in [-0.39, 0.29) is 5.91 Å². The molecule has 0 aliphatic carbocycles. The number of carbonyl (C=O) groups is 1. The number of aryl methyl sites for hydroxylation is 3. The lowest BCUT2D eigenvalue weighted by Gasteiger charge is -2.06. The van der Waals surface area contributed by atoms with Crippen molar-refractivity contribution >= 4 is 34.9 Å². The van der Waals surface area contributed by atoms with Crippen LogP contribution in [0, 0.1) is 20.8 Å². The average molecular weight is 406 g/mol. The second-order valence-corrected chi connectivity index (χ2v) is 7.28. The number of nitrogens with zero attached hydrogens (tertiary/aromatic N) is 4. The Morgan fingerprint density at radius 3 is 2.56 bits per heavy atom. The number of anilines is 1. The number of hydrogen-bond acceptors (Lipinski definition) is 3. The van der Waals surface area contributed by atoms with Crippen molar-refractivity contribution in [2.24, 2.45) is 0 Å². The summed E-state index contributed by atoms with van der Waals surface area (Å²) in [5.74, 6) is 0.414. The van der Waals surface area contributed by atoms with E-state index in [9.17, 15) is 4.79 Å². The molecule has 0 aliphatic rings. The number of nitrogens with one attached hydrogen (secondary N) is 1. The van der Waals surface area contributed by atoms with Crippen molar-refractivity contribution in [1.82, 2.24) is 19.6 Å². The Morgan fingerprint density at radius 1 is 1.11 bits per heavy atom. The predicted octanol–water partition coefficient (Wildman–Crippen LogP) is 4.39. The summed E-state index contributed by atoms with van der Waals surface area (Å²) in [6.07, 6.45) is 0.290. The lowest BCUT2D eigenvalue weighted by molar-refractivity contribution is -0.116. The summed E-state index contributed by atoms with van der Waals surface area (Å²) >= 11 is 12.2. The van der Waals surface area contributed by atoms with Crippen molar-refractivity contribution in [3.8, 4) is 0 Å². The first-order valence-corrected chi connectivity index (χ1v) is 9.37. The molecule has 0 radical (unpaired) electrons. The molecule has 0 unspecified atom stereocenters. The van der Waals surface area contributed by atoms with E-state index >= 15 is 0 Å². The first-order valence-electron chi connectivity index (χ1n) is 8.61. The third kappa shape index (κ3) is 4.70. The summed E-state index contributed by atoms with van der Waals surface area (Å²) in [5, 5.41) is 13.0. The van der Waals surface area contributed by atoms with Crippen LogP contribution in [0.3, 0.4) is 0 Å². The molecule has 0 atom stereocenters. The topological polar surface area (TPSA) is 64.7 Å². The van der Waals surface area contributed by atoms with Crippen LogP contribution < -0.4 is 5.32 Å². The number of rotatable bonds is 6. The Kier molecular flexibility index (Phi) is 5.87. The van der Waals surface area contributed by atoms with E-state index in [1.54, 1.807) is 4.68 Å². The van der Waals surface area contributed by atoms with Gasteiger partial charge in [-0.1, -0.05) is 35.3 Å². The van der Waals surface area contributed by atoms with Crippen LogP contribution in [0.5, 0.6) is 0 Å². The van der Waals surface area contributed by atoms with Crippen LogP contribution in [0.15, 0.2) is 30.3 Å². The van der Waals surface area contributed by atoms with Gasteiger partial charge >= 0.3 is 0 Å². The van der Waals surface area contributed by atoms with Crippen LogP contribution in [0.1, 0.15) is 29.1 Å². The number of hydrogen-bond donors (Lipinski definition) is 1. The van der Waals surface area contributed by atoms with Crippen LogP contribution in [-0.4, -0.2) is 25.5 Å². The highest BCUT2D eigenvalue weighted by molar-refractivity contribution is 6.31. The molecule has 142 valence electrons. The third-order valence-corrected chi connectivity index (χ3v) is 5.10. The molecule has 1 aromatic carbocycles. The maximum Gasteiger partial charge on any atom is 0.227 e. The van der Waals surface area contributed by atoms with Gasteiger partial charge in [-0.05, 0) is 38.5 Å². The minimum absolute atomic E-state index is 0.119. The van der Waals surface area contributed by atoms with E-state index in [1.807, 2.05) is 55.8 Å². The van der Waals surface area contributed by atoms with Gasteiger partial charge < -0.3 is 5.32 Å². The van der Waals surface area contributed by atoms with Crippen molar-refractivity contribution in [3.05, 3.63) is 63.0 Å². The summed E-state index contributed by atoms with van der Waals surface area (Å²) in [6, 6.07) is 9.49. The Bertz CT molecular complexity index is 977. The highest BCUT2D eigenvalue weighted by atomic mass is 35.5. The molecule has 2 aromatic heterocycles. The molecule has 3 aromatic rings. The van der Waals surface area contributed by atoms with Crippen LogP contribution in [0.4, 0.5) is 5.82 Å². The molecular formula is C19H21Cl2N5O. The molecule has 3 rings (SSSR count). The van der Waals surface area contributed by atoms with Gasteiger partial charge in [-0.2, -0.15) is 10.2 Å². The molecule has 0 saturated carbocycles. The number of aromatic nitrogens is 4. The fraction of sp³-hybridized carbons (Fsp3) is 0.316. The van der Waals surface area contributed by atoms with Gasteiger partial charge in [0.1, 0.15) is 0 Å². The molecular weight excluding hydrogens is 385 g/mol. The average Bonchev–Trinajstić information content (AvgIpc) is 3.07. The lowest BCUT2D eigenvalue weighted by atomic mass is 10.2. The highest BCUT2D eigenvalue weighted by Gasteiger charge is 2.12. The van der Waals surface area contributed by atoms with Gasteiger partial charge in [-0.3, -0.25) is 14.2 Å². The fourth-order valence-electron chi connectivity index (χ4n) is 2.85. The standard InChI is InChI=1S/C19H21Cl2N5O/c1-12-9-17(24-26(12)11-15-5-4-6-16(20)10-15)22-18(27)7-8-25-14(3)19(21)13(2)23-25/h4-6,9-10H,7-8,11H2,1-3H3,(H,22,24,27). The van der Waals surface area contributed by atoms with Gasteiger partial charge in [-0.25, -0.2) is 0 Å². The second-order valence-electron chi connectivity index (χ2n) is 6.46. The Balaban J connectivity index is 1.60. The minimum atomic E-state index is -0.119. The highest BCUT2D eigenvalue weighted by Crippen LogP contribution is 2.19.